The molecule has 0 aliphatic carbocycles. The van der Waals surface area contributed by atoms with E-state index in [1.54, 1.807) is 24.3 Å². The predicted octanol–water partition coefficient (Wildman–Crippen LogP) is 2.84. The molecule has 27 heavy (non-hydrogen) atoms. The van der Waals surface area contributed by atoms with Crippen molar-refractivity contribution in [2.24, 2.45) is 0 Å². The van der Waals surface area contributed by atoms with Crippen LogP contribution in [0.15, 0.2) is 42.5 Å². The fourth-order valence-corrected chi connectivity index (χ4v) is 3.16. The van der Waals surface area contributed by atoms with Crippen molar-refractivity contribution in [1.29, 1.82) is 0 Å². The Kier molecular flexibility index (Phi) is 5.76. The monoisotopic (exact) mass is 368 g/mol. The summed E-state index contributed by atoms with van der Waals surface area (Å²) in [6.07, 6.45) is 0. The lowest BCUT2D eigenvalue weighted by molar-refractivity contribution is 0.0661. The zero-order valence-electron chi connectivity index (χ0n) is 15.6. The Morgan fingerprint density at radius 2 is 1.63 bits per heavy atom. The van der Waals surface area contributed by atoms with Crippen LogP contribution in [0, 0.1) is 0 Å². The number of carbonyl (C=O) groups is 2. The Morgan fingerprint density at radius 3 is 2.22 bits per heavy atom. The van der Waals surface area contributed by atoms with Crippen LogP contribution < -0.4 is 4.74 Å². The summed E-state index contributed by atoms with van der Waals surface area (Å²) in [6, 6.07) is 12.4. The highest BCUT2D eigenvalue weighted by Crippen LogP contribution is 2.27. The molecule has 2 aromatic carbocycles. The van der Waals surface area contributed by atoms with Crippen LogP contribution in [0.25, 0.3) is 11.1 Å². The second-order valence-electron chi connectivity index (χ2n) is 6.62. The van der Waals surface area contributed by atoms with E-state index in [1.807, 2.05) is 30.0 Å². The van der Waals surface area contributed by atoms with E-state index in [-0.39, 0.29) is 11.5 Å². The average molecular weight is 368 g/mol. The van der Waals surface area contributed by atoms with Gasteiger partial charge in [0.2, 0.25) is 0 Å². The first-order chi connectivity index (χ1) is 13.0. The summed E-state index contributed by atoms with van der Waals surface area (Å²) in [5.74, 6) is -0.634. The quantitative estimate of drug-likeness (QED) is 0.879. The molecule has 142 valence electrons. The number of ether oxygens (including phenoxy) is 1. The Bertz CT molecular complexity index is 825. The van der Waals surface area contributed by atoms with Crippen LogP contribution in [0.4, 0.5) is 0 Å². The molecule has 1 saturated heterocycles. The number of carboxylic acids is 1. The molecule has 0 unspecified atom stereocenters. The van der Waals surface area contributed by atoms with E-state index in [0.29, 0.717) is 17.9 Å². The smallest absolute Gasteiger partial charge is 0.339 e. The zero-order chi connectivity index (χ0) is 19.4. The number of piperazine rings is 1. The molecule has 1 aliphatic rings. The third kappa shape index (κ3) is 4.28. The fraction of sp³-hybridized carbons (Fsp3) is 0.333. The topological polar surface area (TPSA) is 70.1 Å². The van der Waals surface area contributed by atoms with Crippen LogP contribution >= 0.6 is 0 Å². The lowest BCUT2D eigenvalue weighted by Gasteiger charge is -2.32. The van der Waals surface area contributed by atoms with Crippen LogP contribution in [0.5, 0.6) is 5.75 Å². The van der Waals surface area contributed by atoms with Crippen LogP contribution in [0.2, 0.25) is 0 Å². The van der Waals surface area contributed by atoms with Crippen molar-refractivity contribution in [1.82, 2.24) is 9.80 Å². The minimum absolute atomic E-state index is 0.0348. The van der Waals surface area contributed by atoms with E-state index in [0.717, 1.165) is 37.3 Å². The maximum atomic E-state index is 12.6. The van der Waals surface area contributed by atoms with Gasteiger partial charge in [-0.2, -0.15) is 0 Å². The van der Waals surface area contributed by atoms with Gasteiger partial charge >= 0.3 is 5.97 Å². The third-order valence-electron chi connectivity index (χ3n) is 4.77. The molecule has 0 saturated carbocycles. The SMILES string of the molecule is CCOc1ccc(-c2ccc(C(=O)N3CCN(C)CC3)cc2)cc1C(=O)O. The summed E-state index contributed by atoms with van der Waals surface area (Å²) < 4.78 is 5.38. The first kappa shape index (κ1) is 18.9. The standard InChI is InChI=1S/C21H24N2O4/c1-3-27-19-9-8-17(14-18(19)21(25)26)15-4-6-16(7-5-15)20(24)23-12-10-22(2)11-13-23/h4-9,14H,3,10-13H2,1-2H3,(H,25,26). The number of hydrogen-bond acceptors (Lipinski definition) is 4. The molecule has 6 nitrogen and oxygen atoms in total. The Labute approximate surface area is 159 Å². The van der Waals surface area contributed by atoms with Gasteiger partial charge in [-0.1, -0.05) is 18.2 Å². The molecule has 0 radical (unpaired) electrons. The average Bonchev–Trinajstić information content (AvgIpc) is 2.68. The molecule has 6 heteroatoms. The molecule has 1 heterocycles. The van der Waals surface area contributed by atoms with E-state index < -0.39 is 5.97 Å². The van der Waals surface area contributed by atoms with Crippen molar-refractivity contribution in [2.45, 2.75) is 6.92 Å². The number of amides is 1. The number of aromatic carboxylic acids is 1. The first-order valence-electron chi connectivity index (χ1n) is 9.08. The number of rotatable bonds is 5. The molecule has 1 amide bonds. The second kappa shape index (κ2) is 8.22. The van der Waals surface area contributed by atoms with Crippen molar-refractivity contribution < 1.29 is 19.4 Å². The van der Waals surface area contributed by atoms with Gasteiger partial charge in [-0.15, -0.1) is 0 Å². The second-order valence-corrected chi connectivity index (χ2v) is 6.62. The van der Waals surface area contributed by atoms with Gasteiger partial charge in [0.25, 0.3) is 5.91 Å². The summed E-state index contributed by atoms with van der Waals surface area (Å²) in [5, 5.41) is 9.41. The number of carboxylic acid groups (broad SMARTS) is 1. The molecule has 3 rings (SSSR count). The van der Waals surface area contributed by atoms with E-state index in [1.165, 1.54) is 0 Å². The number of benzene rings is 2. The summed E-state index contributed by atoms with van der Waals surface area (Å²) >= 11 is 0. The van der Waals surface area contributed by atoms with Gasteiger partial charge in [-0.05, 0) is 49.4 Å². The van der Waals surface area contributed by atoms with Crippen LogP contribution in [-0.4, -0.2) is 66.6 Å². The summed E-state index contributed by atoms with van der Waals surface area (Å²) in [6.45, 7) is 5.45. The lowest BCUT2D eigenvalue weighted by atomic mass is 10.0. The van der Waals surface area contributed by atoms with Crippen molar-refractivity contribution in [3.63, 3.8) is 0 Å². The van der Waals surface area contributed by atoms with Gasteiger partial charge in [-0.25, -0.2) is 4.79 Å². The molecular formula is C21H24N2O4. The Morgan fingerprint density at radius 1 is 1.00 bits per heavy atom. The molecule has 2 aromatic rings. The zero-order valence-corrected chi connectivity index (χ0v) is 15.6. The van der Waals surface area contributed by atoms with Gasteiger partial charge in [0.1, 0.15) is 11.3 Å². The first-order valence-corrected chi connectivity index (χ1v) is 9.08. The third-order valence-corrected chi connectivity index (χ3v) is 4.77. The molecule has 1 N–H and O–H groups in total. The van der Waals surface area contributed by atoms with E-state index in [4.69, 9.17) is 4.74 Å². The van der Waals surface area contributed by atoms with Crippen LogP contribution in [0.1, 0.15) is 27.6 Å². The summed E-state index contributed by atoms with van der Waals surface area (Å²) in [4.78, 5) is 28.2. The van der Waals surface area contributed by atoms with Crippen molar-refractivity contribution in [3.8, 4) is 16.9 Å². The molecule has 0 aromatic heterocycles. The highest BCUT2D eigenvalue weighted by Gasteiger charge is 2.20. The van der Waals surface area contributed by atoms with Crippen molar-refractivity contribution in [2.75, 3.05) is 39.8 Å². The normalized spacial score (nSPS) is 14.8. The van der Waals surface area contributed by atoms with Gasteiger partial charge in [-0.3, -0.25) is 4.79 Å². The molecule has 0 atom stereocenters. The molecular weight excluding hydrogens is 344 g/mol. The molecule has 1 aliphatic heterocycles. The van der Waals surface area contributed by atoms with E-state index in [9.17, 15) is 14.7 Å². The highest BCUT2D eigenvalue weighted by molar-refractivity contribution is 5.95. The summed E-state index contributed by atoms with van der Waals surface area (Å²) in [5.41, 5.74) is 2.41. The maximum Gasteiger partial charge on any atom is 0.339 e. The van der Waals surface area contributed by atoms with Gasteiger partial charge < -0.3 is 19.6 Å². The highest BCUT2D eigenvalue weighted by atomic mass is 16.5. The largest absolute Gasteiger partial charge is 0.493 e. The molecule has 0 bridgehead atoms. The van der Waals surface area contributed by atoms with E-state index >= 15 is 0 Å². The molecule has 0 spiro atoms. The number of likely N-dealkylation sites (N-methyl/N-ethyl adjacent to an activating group) is 1. The van der Waals surface area contributed by atoms with Crippen LogP contribution in [0.3, 0.4) is 0 Å². The summed E-state index contributed by atoms with van der Waals surface area (Å²) in [7, 11) is 2.05. The van der Waals surface area contributed by atoms with Gasteiger partial charge in [0.05, 0.1) is 6.61 Å². The minimum Gasteiger partial charge on any atom is -0.493 e. The van der Waals surface area contributed by atoms with E-state index in [2.05, 4.69) is 11.9 Å². The predicted molar refractivity (Wildman–Crippen MR) is 103 cm³/mol. The molecule has 1 fully saturated rings. The fourth-order valence-electron chi connectivity index (χ4n) is 3.16. The maximum absolute atomic E-state index is 12.6. The lowest BCUT2D eigenvalue weighted by Crippen LogP contribution is -2.47. The van der Waals surface area contributed by atoms with Crippen molar-refractivity contribution >= 4 is 11.9 Å². The van der Waals surface area contributed by atoms with Gasteiger partial charge in [0, 0.05) is 31.7 Å². The van der Waals surface area contributed by atoms with Crippen molar-refractivity contribution in [3.05, 3.63) is 53.6 Å². The minimum atomic E-state index is -1.03. The Hall–Kier alpha value is -2.86. The van der Waals surface area contributed by atoms with Gasteiger partial charge in [0.15, 0.2) is 0 Å². The number of hydrogen-bond donors (Lipinski definition) is 1. The number of nitrogens with zero attached hydrogens (tertiary/aromatic N) is 2. The number of carbonyl (C=O) groups excluding carboxylic acids is 1. The Balaban J connectivity index is 1.80. The van der Waals surface area contributed by atoms with Crippen LogP contribution in [-0.2, 0) is 0 Å².